The van der Waals surface area contributed by atoms with Gasteiger partial charge in [0.05, 0.1) is 5.56 Å². The summed E-state index contributed by atoms with van der Waals surface area (Å²) in [6.45, 7) is 6.27. The van der Waals surface area contributed by atoms with Crippen LogP contribution in [0.1, 0.15) is 44.0 Å². The number of pyridine rings is 1. The molecule has 8 nitrogen and oxygen atoms in total. The van der Waals surface area contributed by atoms with Crippen molar-refractivity contribution in [2.24, 2.45) is 0 Å². The van der Waals surface area contributed by atoms with Gasteiger partial charge in [-0.05, 0) is 45.7 Å². The highest BCUT2D eigenvalue weighted by molar-refractivity contribution is 5.94. The van der Waals surface area contributed by atoms with Gasteiger partial charge in [-0.1, -0.05) is 0 Å². The normalized spacial score (nSPS) is 15.3. The first-order valence-corrected chi connectivity index (χ1v) is 8.70. The molecule has 1 aromatic rings. The summed E-state index contributed by atoms with van der Waals surface area (Å²) in [7, 11) is 0. The summed E-state index contributed by atoms with van der Waals surface area (Å²) < 4.78 is 5.08. The quantitative estimate of drug-likeness (QED) is 0.841. The highest BCUT2D eigenvalue weighted by atomic mass is 16.6. The number of rotatable bonds is 4. The zero-order valence-electron chi connectivity index (χ0n) is 15.4. The fourth-order valence-electron chi connectivity index (χ4n) is 2.64. The molecule has 0 unspecified atom stereocenters. The molecule has 0 aromatic carbocycles. The Morgan fingerprint density at radius 2 is 1.96 bits per heavy atom. The molecule has 0 saturated carbocycles. The fourth-order valence-corrected chi connectivity index (χ4v) is 2.64. The first-order chi connectivity index (χ1) is 12.2. The van der Waals surface area contributed by atoms with Gasteiger partial charge in [0.2, 0.25) is 5.91 Å². The lowest BCUT2D eigenvalue weighted by molar-refractivity contribution is -0.121. The summed E-state index contributed by atoms with van der Waals surface area (Å²) in [6.07, 6.45) is 3.90. The second-order valence-electron chi connectivity index (χ2n) is 7.23. The maximum atomic E-state index is 12.4. The molecule has 1 aromatic heterocycles. The number of carbonyl (C=O) groups is 3. The van der Waals surface area contributed by atoms with E-state index in [1.807, 2.05) is 0 Å². The van der Waals surface area contributed by atoms with Crippen LogP contribution in [-0.2, 0) is 9.53 Å². The maximum Gasteiger partial charge on any atom is 0.408 e. The van der Waals surface area contributed by atoms with Crippen molar-refractivity contribution in [1.82, 2.24) is 20.5 Å². The molecular formula is C18H26N4O4. The molecule has 3 amide bonds. The van der Waals surface area contributed by atoms with E-state index in [0.717, 1.165) is 0 Å². The molecule has 0 bridgehead atoms. The Morgan fingerprint density at radius 1 is 1.27 bits per heavy atom. The summed E-state index contributed by atoms with van der Waals surface area (Å²) in [4.78, 5) is 41.6. The van der Waals surface area contributed by atoms with Crippen LogP contribution < -0.4 is 10.6 Å². The molecule has 2 heterocycles. The van der Waals surface area contributed by atoms with E-state index in [2.05, 4.69) is 15.6 Å². The summed E-state index contributed by atoms with van der Waals surface area (Å²) in [5, 5.41) is 5.31. The Balaban J connectivity index is 1.70. The lowest BCUT2D eigenvalue weighted by atomic mass is 10.0. The molecule has 2 N–H and O–H groups in total. The van der Waals surface area contributed by atoms with E-state index in [4.69, 9.17) is 4.74 Å². The van der Waals surface area contributed by atoms with Gasteiger partial charge in [-0.25, -0.2) is 4.79 Å². The second-order valence-corrected chi connectivity index (χ2v) is 7.23. The minimum Gasteiger partial charge on any atom is -0.444 e. The summed E-state index contributed by atoms with van der Waals surface area (Å²) in [5.74, 6) is -0.317. The molecule has 1 aliphatic rings. The summed E-state index contributed by atoms with van der Waals surface area (Å²) >= 11 is 0. The van der Waals surface area contributed by atoms with Gasteiger partial charge in [-0.15, -0.1) is 0 Å². The average Bonchev–Trinajstić information content (AvgIpc) is 2.59. The minimum absolute atomic E-state index is 0.0131. The summed E-state index contributed by atoms with van der Waals surface area (Å²) in [5.41, 5.74) is -0.0367. The van der Waals surface area contributed by atoms with E-state index >= 15 is 0 Å². The molecule has 142 valence electrons. The van der Waals surface area contributed by atoms with Gasteiger partial charge in [-0.2, -0.15) is 0 Å². The molecule has 1 fully saturated rings. The largest absolute Gasteiger partial charge is 0.444 e. The molecule has 0 atom stereocenters. The molecular weight excluding hydrogens is 336 g/mol. The van der Waals surface area contributed by atoms with Gasteiger partial charge >= 0.3 is 6.09 Å². The highest BCUT2D eigenvalue weighted by Gasteiger charge is 2.25. The van der Waals surface area contributed by atoms with Crippen molar-refractivity contribution in [1.29, 1.82) is 0 Å². The monoisotopic (exact) mass is 362 g/mol. The van der Waals surface area contributed by atoms with E-state index in [0.29, 0.717) is 31.5 Å². The van der Waals surface area contributed by atoms with Crippen LogP contribution in [0.5, 0.6) is 0 Å². The van der Waals surface area contributed by atoms with Crippen LogP contribution in [0.15, 0.2) is 24.5 Å². The van der Waals surface area contributed by atoms with Crippen molar-refractivity contribution < 1.29 is 19.1 Å². The number of nitrogens with zero attached hydrogens (tertiary/aromatic N) is 2. The third kappa shape index (κ3) is 6.34. The molecule has 1 aliphatic heterocycles. The zero-order valence-corrected chi connectivity index (χ0v) is 15.4. The Kier molecular flexibility index (Phi) is 6.54. The van der Waals surface area contributed by atoms with E-state index in [1.165, 1.54) is 0 Å². The van der Waals surface area contributed by atoms with Crippen molar-refractivity contribution in [3.63, 3.8) is 0 Å². The van der Waals surface area contributed by atoms with Gasteiger partial charge in [0.1, 0.15) is 12.1 Å². The van der Waals surface area contributed by atoms with Crippen LogP contribution in [0.25, 0.3) is 0 Å². The number of alkyl carbamates (subject to hydrolysis) is 1. The number of likely N-dealkylation sites (tertiary alicyclic amines) is 1. The van der Waals surface area contributed by atoms with E-state index in [9.17, 15) is 14.4 Å². The topological polar surface area (TPSA) is 101 Å². The minimum atomic E-state index is -0.621. The van der Waals surface area contributed by atoms with Crippen LogP contribution in [-0.4, -0.2) is 59.1 Å². The molecule has 2 rings (SSSR count). The van der Waals surface area contributed by atoms with Gasteiger partial charge in [0.15, 0.2) is 0 Å². The van der Waals surface area contributed by atoms with E-state index in [-0.39, 0.29) is 24.4 Å². The van der Waals surface area contributed by atoms with Crippen LogP contribution in [0.4, 0.5) is 4.79 Å². The predicted octanol–water partition coefficient (Wildman–Crippen LogP) is 1.33. The Labute approximate surface area is 153 Å². The number of amides is 3. The number of carbonyl (C=O) groups excluding carboxylic acids is 3. The SMILES string of the molecule is CC(C)(C)OC(=O)NCC(=O)NC1CCN(C(=O)c2cccnc2)CC1. The Morgan fingerprint density at radius 3 is 2.54 bits per heavy atom. The number of hydrogen-bond acceptors (Lipinski definition) is 5. The number of hydrogen-bond donors (Lipinski definition) is 2. The van der Waals surface area contributed by atoms with Crippen molar-refractivity contribution in [2.45, 2.75) is 45.3 Å². The third-order valence-electron chi connectivity index (χ3n) is 3.85. The first-order valence-electron chi connectivity index (χ1n) is 8.70. The third-order valence-corrected chi connectivity index (χ3v) is 3.85. The average molecular weight is 362 g/mol. The highest BCUT2D eigenvalue weighted by Crippen LogP contribution is 2.13. The smallest absolute Gasteiger partial charge is 0.408 e. The standard InChI is InChI=1S/C18H26N4O4/c1-18(2,3)26-17(25)20-12-15(23)21-14-6-9-22(10-7-14)16(24)13-5-4-8-19-11-13/h4-5,8,11,14H,6-7,9-10,12H2,1-3H3,(H,20,25)(H,21,23). The van der Waals surface area contributed by atoms with Crippen molar-refractivity contribution in [2.75, 3.05) is 19.6 Å². The van der Waals surface area contributed by atoms with Gasteiger partial charge in [-0.3, -0.25) is 14.6 Å². The number of nitrogens with one attached hydrogen (secondary N) is 2. The molecule has 8 heteroatoms. The second kappa shape index (κ2) is 8.64. The maximum absolute atomic E-state index is 12.4. The van der Waals surface area contributed by atoms with Crippen LogP contribution >= 0.6 is 0 Å². The number of ether oxygens (including phenoxy) is 1. The van der Waals surface area contributed by atoms with E-state index < -0.39 is 11.7 Å². The van der Waals surface area contributed by atoms with Crippen LogP contribution in [0, 0.1) is 0 Å². The van der Waals surface area contributed by atoms with Gasteiger partial charge in [0, 0.05) is 31.5 Å². The predicted molar refractivity (Wildman–Crippen MR) is 95.5 cm³/mol. The molecule has 1 saturated heterocycles. The van der Waals surface area contributed by atoms with Crippen molar-refractivity contribution in [3.8, 4) is 0 Å². The van der Waals surface area contributed by atoms with Gasteiger partial charge in [0.25, 0.3) is 5.91 Å². The van der Waals surface area contributed by atoms with Gasteiger partial charge < -0.3 is 20.3 Å². The zero-order chi connectivity index (χ0) is 19.2. The fraction of sp³-hybridized carbons (Fsp3) is 0.556. The first kappa shape index (κ1) is 19.7. The van der Waals surface area contributed by atoms with Crippen molar-refractivity contribution in [3.05, 3.63) is 30.1 Å². The van der Waals surface area contributed by atoms with Crippen LogP contribution in [0.3, 0.4) is 0 Å². The number of aromatic nitrogens is 1. The molecule has 26 heavy (non-hydrogen) atoms. The van der Waals surface area contributed by atoms with Crippen LogP contribution in [0.2, 0.25) is 0 Å². The summed E-state index contributed by atoms with van der Waals surface area (Å²) in [6, 6.07) is 3.46. The number of piperidine rings is 1. The lowest BCUT2D eigenvalue weighted by Gasteiger charge is -2.32. The lowest BCUT2D eigenvalue weighted by Crippen LogP contribution is -2.49. The van der Waals surface area contributed by atoms with Crippen molar-refractivity contribution >= 4 is 17.9 Å². The molecule has 0 spiro atoms. The Hall–Kier alpha value is -2.64. The Bertz CT molecular complexity index is 634. The van der Waals surface area contributed by atoms with E-state index in [1.54, 1.807) is 50.2 Å². The molecule has 0 aliphatic carbocycles. The molecule has 0 radical (unpaired) electrons.